The first-order chi connectivity index (χ1) is 39.5. The van der Waals surface area contributed by atoms with Crippen LogP contribution >= 0.6 is 0 Å². The fourth-order valence-electron chi connectivity index (χ4n) is 9.97. The third-order valence-corrected chi connectivity index (χ3v) is 15.1. The minimum Gasteiger partial charge on any atom is -0.462 e. The molecule has 0 bridgehead atoms. The van der Waals surface area contributed by atoms with Crippen molar-refractivity contribution in [2.45, 2.75) is 354 Å². The van der Waals surface area contributed by atoms with E-state index in [9.17, 15) is 14.4 Å². The Labute approximate surface area is 496 Å². The van der Waals surface area contributed by atoms with Gasteiger partial charge in [-0.3, -0.25) is 14.4 Å². The molecule has 0 amide bonds. The Morgan fingerprint density at radius 2 is 0.487 bits per heavy atom. The summed E-state index contributed by atoms with van der Waals surface area (Å²) in [6.07, 6.45) is 90.3. The zero-order valence-corrected chi connectivity index (χ0v) is 53.1. The monoisotopic (exact) mass is 1110 g/mol. The molecule has 0 radical (unpaired) electrons. The van der Waals surface area contributed by atoms with E-state index >= 15 is 0 Å². The normalized spacial score (nSPS) is 12.6. The molecule has 0 aromatic carbocycles. The van der Waals surface area contributed by atoms with E-state index in [1.165, 1.54) is 193 Å². The molecule has 0 saturated carbocycles. The zero-order valence-electron chi connectivity index (χ0n) is 53.1. The molecule has 0 aromatic heterocycles. The van der Waals surface area contributed by atoms with Crippen LogP contribution in [-0.4, -0.2) is 37.2 Å². The Bertz CT molecular complexity index is 1520. The number of carbonyl (C=O) groups excluding carboxylic acids is 3. The van der Waals surface area contributed by atoms with Gasteiger partial charge in [-0.25, -0.2) is 0 Å². The summed E-state index contributed by atoms with van der Waals surface area (Å²) < 4.78 is 16.9. The lowest BCUT2D eigenvalue weighted by molar-refractivity contribution is -0.167. The van der Waals surface area contributed by atoms with Gasteiger partial charge in [0.05, 0.1) is 0 Å². The van der Waals surface area contributed by atoms with Gasteiger partial charge >= 0.3 is 17.9 Å². The minimum atomic E-state index is -0.794. The lowest BCUT2D eigenvalue weighted by Gasteiger charge is -2.18. The van der Waals surface area contributed by atoms with Crippen molar-refractivity contribution < 1.29 is 28.6 Å². The van der Waals surface area contributed by atoms with Gasteiger partial charge in [0.15, 0.2) is 6.10 Å². The van der Waals surface area contributed by atoms with Crippen molar-refractivity contribution in [2.24, 2.45) is 0 Å². The Morgan fingerprint density at radius 1 is 0.263 bits per heavy atom. The van der Waals surface area contributed by atoms with E-state index < -0.39 is 6.10 Å². The first-order valence-electron chi connectivity index (χ1n) is 34.6. The first-order valence-corrected chi connectivity index (χ1v) is 34.6. The lowest BCUT2D eigenvalue weighted by atomic mass is 10.0. The van der Waals surface area contributed by atoms with Gasteiger partial charge in [-0.05, 0) is 96.3 Å². The van der Waals surface area contributed by atoms with Crippen molar-refractivity contribution in [2.75, 3.05) is 13.2 Å². The van der Waals surface area contributed by atoms with Crippen LogP contribution in [0.15, 0.2) is 85.1 Å². The Balaban J connectivity index is 4.34. The Morgan fingerprint density at radius 3 is 0.775 bits per heavy atom. The van der Waals surface area contributed by atoms with Gasteiger partial charge in [-0.1, -0.05) is 318 Å². The molecule has 0 aliphatic carbocycles. The van der Waals surface area contributed by atoms with E-state index in [4.69, 9.17) is 14.2 Å². The number of allylic oxidation sites excluding steroid dienone is 14. The van der Waals surface area contributed by atoms with Crippen LogP contribution in [-0.2, 0) is 28.6 Å². The molecule has 6 nitrogen and oxygen atoms in total. The highest BCUT2D eigenvalue weighted by Crippen LogP contribution is 2.18. The molecule has 0 aromatic rings. The van der Waals surface area contributed by atoms with E-state index in [2.05, 4.69) is 106 Å². The number of hydrogen-bond acceptors (Lipinski definition) is 6. The van der Waals surface area contributed by atoms with Crippen LogP contribution in [0.1, 0.15) is 348 Å². The molecule has 0 saturated heterocycles. The summed E-state index contributed by atoms with van der Waals surface area (Å²) in [5.41, 5.74) is 0. The molecular formula is C74H130O6. The first kappa shape index (κ1) is 76.6. The third kappa shape index (κ3) is 65.4. The quantitative estimate of drug-likeness (QED) is 0.0261. The number of rotatable bonds is 63. The summed E-state index contributed by atoms with van der Waals surface area (Å²) in [5.74, 6) is -0.904. The van der Waals surface area contributed by atoms with Gasteiger partial charge in [-0.2, -0.15) is 0 Å². The molecule has 0 fully saturated rings. The highest BCUT2D eigenvalue weighted by molar-refractivity contribution is 5.71. The average Bonchev–Trinajstić information content (AvgIpc) is 3.46. The SMILES string of the molecule is CC/C=C\C/C=C\C/C=C\C/C=C\C/C=C\C/C=C\CCCCCCC(=O)OC(COC(=O)CCCCCCC/C=C\CCCCCCC)COC(=O)CCCCCCCCCCCCCCCCCCCCCCCCCCC. The van der Waals surface area contributed by atoms with Gasteiger partial charge in [0.2, 0.25) is 0 Å². The van der Waals surface area contributed by atoms with E-state index in [1.54, 1.807) is 0 Å². The van der Waals surface area contributed by atoms with Crippen LogP contribution < -0.4 is 0 Å². The number of hydrogen-bond donors (Lipinski definition) is 0. The predicted molar refractivity (Wildman–Crippen MR) is 348 cm³/mol. The second-order valence-electron chi connectivity index (χ2n) is 23.1. The van der Waals surface area contributed by atoms with Gasteiger partial charge in [0, 0.05) is 19.3 Å². The standard InChI is InChI=1S/C74H130O6/c1-4-7-10-13-16-19-22-25-28-30-32-34-36-37-39-40-42-44-46-49-52-55-58-61-64-67-73(76)79-70-71(69-78-72(75)66-63-60-57-54-51-48-27-24-21-18-15-12-9-6-3)80-74(77)68-65-62-59-56-53-50-47-45-43-41-38-35-33-31-29-26-23-20-17-14-11-8-5-2/h8,11,17,20,24,26-27,29,33,35,41,43,47,50,71H,4-7,9-10,12-16,18-19,21-23,25,28,30-32,34,36-40,42,44-46,48-49,51-70H2,1-3H3/b11-8-,20-17-,27-24-,29-26-,35-33-,43-41-,50-47-. The summed E-state index contributed by atoms with van der Waals surface area (Å²) >= 11 is 0. The number of esters is 3. The maximum absolute atomic E-state index is 12.9. The highest BCUT2D eigenvalue weighted by atomic mass is 16.6. The Hall–Kier alpha value is -3.41. The summed E-state index contributed by atoms with van der Waals surface area (Å²) in [6.45, 7) is 6.54. The second-order valence-corrected chi connectivity index (χ2v) is 23.1. The van der Waals surface area contributed by atoms with E-state index in [1.807, 2.05) is 0 Å². The second kappa shape index (κ2) is 68.1. The van der Waals surface area contributed by atoms with Gasteiger partial charge < -0.3 is 14.2 Å². The van der Waals surface area contributed by atoms with E-state index in [-0.39, 0.29) is 31.1 Å². The van der Waals surface area contributed by atoms with Crippen molar-refractivity contribution in [3.8, 4) is 0 Å². The maximum Gasteiger partial charge on any atom is 0.306 e. The topological polar surface area (TPSA) is 78.9 Å². The Kier molecular flexibility index (Phi) is 65.2. The van der Waals surface area contributed by atoms with Gasteiger partial charge in [0.1, 0.15) is 13.2 Å². The molecule has 0 aliphatic rings. The number of ether oxygens (including phenoxy) is 3. The lowest BCUT2D eigenvalue weighted by Crippen LogP contribution is -2.30. The third-order valence-electron chi connectivity index (χ3n) is 15.1. The molecule has 80 heavy (non-hydrogen) atoms. The molecule has 0 aliphatic heterocycles. The summed E-state index contributed by atoms with van der Waals surface area (Å²) in [7, 11) is 0. The van der Waals surface area contributed by atoms with E-state index in [0.717, 1.165) is 116 Å². The minimum absolute atomic E-state index is 0.0868. The molecule has 0 rings (SSSR count). The molecule has 1 unspecified atom stereocenters. The predicted octanol–water partition coefficient (Wildman–Crippen LogP) is 23.8. The molecule has 0 spiro atoms. The van der Waals surface area contributed by atoms with Crippen LogP contribution in [0.3, 0.4) is 0 Å². The molecular weight excluding hydrogens is 985 g/mol. The number of carbonyl (C=O) groups is 3. The number of unbranched alkanes of at least 4 members (excludes halogenated alkanes) is 38. The van der Waals surface area contributed by atoms with Crippen LogP contribution in [0, 0.1) is 0 Å². The maximum atomic E-state index is 12.9. The molecule has 6 heteroatoms. The van der Waals surface area contributed by atoms with Crippen molar-refractivity contribution in [1.29, 1.82) is 0 Å². The van der Waals surface area contributed by atoms with Gasteiger partial charge in [-0.15, -0.1) is 0 Å². The zero-order chi connectivity index (χ0) is 57.8. The van der Waals surface area contributed by atoms with Crippen LogP contribution in [0.4, 0.5) is 0 Å². The highest BCUT2D eigenvalue weighted by Gasteiger charge is 2.19. The van der Waals surface area contributed by atoms with Crippen molar-refractivity contribution in [1.82, 2.24) is 0 Å². The van der Waals surface area contributed by atoms with Crippen LogP contribution in [0.25, 0.3) is 0 Å². The average molecular weight is 1120 g/mol. The largest absolute Gasteiger partial charge is 0.462 e. The smallest absolute Gasteiger partial charge is 0.306 e. The summed E-state index contributed by atoms with van der Waals surface area (Å²) in [6, 6.07) is 0. The fraction of sp³-hybridized carbons (Fsp3) is 0.770. The van der Waals surface area contributed by atoms with Crippen molar-refractivity contribution >= 4 is 17.9 Å². The molecule has 462 valence electrons. The van der Waals surface area contributed by atoms with Crippen LogP contribution in [0.2, 0.25) is 0 Å². The van der Waals surface area contributed by atoms with E-state index in [0.29, 0.717) is 19.3 Å². The molecule has 0 N–H and O–H groups in total. The molecule has 0 heterocycles. The fourth-order valence-corrected chi connectivity index (χ4v) is 9.97. The van der Waals surface area contributed by atoms with Crippen molar-refractivity contribution in [3.05, 3.63) is 85.1 Å². The molecule has 1 atom stereocenters. The van der Waals surface area contributed by atoms with Gasteiger partial charge in [0.25, 0.3) is 0 Å². The summed E-state index contributed by atoms with van der Waals surface area (Å²) in [4.78, 5) is 38.4. The van der Waals surface area contributed by atoms with Crippen molar-refractivity contribution in [3.63, 3.8) is 0 Å². The van der Waals surface area contributed by atoms with Crippen LogP contribution in [0.5, 0.6) is 0 Å². The summed E-state index contributed by atoms with van der Waals surface area (Å²) in [5, 5.41) is 0.